The molecule has 5 nitrogen and oxygen atoms in total. The van der Waals surface area contributed by atoms with Crippen LogP contribution >= 0.6 is 23.2 Å². The largest absolute Gasteiger partial charge is 0.461 e. The van der Waals surface area contributed by atoms with E-state index in [4.69, 9.17) is 27.9 Å². The van der Waals surface area contributed by atoms with Gasteiger partial charge in [0.1, 0.15) is 0 Å². The van der Waals surface area contributed by atoms with Gasteiger partial charge in [0.2, 0.25) is 11.1 Å². The number of carbonyl (C=O) groups excluding carboxylic acids is 1. The van der Waals surface area contributed by atoms with Crippen molar-refractivity contribution in [1.82, 2.24) is 9.78 Å². The summed E-state index contributed by atoms with van der Waals surface area (Å²) < 4.78 is 6.12. The van der Waals surface area contributed by atoms with Crippen molar-refractivity contribution >= 4 is 29.2 Å². The molecule has 20 heavy (non-hydrogen) atoms. The molecule has 104 valence electrons. The SMILES string of the molecule is CCOC(=O)c1nn(-c2cc(Cl)cc(Cl)c2)ccc1=O. The standard InChI is InChI=1S/C13H10Cl2N2O3/c1-2-20-13(19)12-11(18)3-4-17(16-12)10-6-8(14)5-9(15)7-10/h3-7H,2H2,1H3. The molecule has 0 unspecified atom stereocenters. The lowest BCUT2D eigenvalue weighted by Gasteiger charge is -2.08. The highest BCUT2D eigenvalue weighted by Gasteiger charge is 2.14. The molecule has 0 spiro atoms. The highest BCUT2D eigenvalue weighted by atomic mass is 35.5. The number of ether oxygens (including phenoxy) is 1. The number of halogens is 2. The normalized spacial score (nSPS) is 10.3. The zero-order chi connectivity index (χ0) is 14.7. The molecule has 0 atom stereocenters. The molecule has 2 aromatic rings. The van der Waals surface area contributed by atoms with Crippen molar-refractivity contribution in [2.45, 2.75) is 6.92 Å². The van der Waals surface area contributed by atoms with E-state index in [2.05, 4.69) is 5.10 Å². The van der Waals surface area contributed by atoms with Crippen molar-refractivity contribution in [3.63, 3.8) is 0 Å². The monoisotopic (exact) mass is 312 g/mol. The summed E-state index contributed by atoms with van der Waals surface area (Å²) in [4.78, 5) is 23.3. The molecule has 0 saturated heterocycles. The van der Waals surface area contributed by atoms with Gasteiger partial charge in [0, 0.05) is 22.3 Å². The molecule has 1 aromatic carbocycles. The fourth-order valence-electron chi connectivity index (χ4n) is 1.56. The van der Waals surface area contributed by atoms with Gasteiger partial charge in [-0.3, -0.25) is 4.79 Å². The molecule has 0 aliphatic rings. The summed E-state index contributed by atoms with van der Waals surface area (Å²) in [5.41, 5.74) is -0.258. The lowest BCUT2D eigenvalue weighted by Crippen LogP contribution is -2.22. The summed E-state index contributed by atoms with van der Waals surface area (Å²) in [6, 6.07) is 6.02. The van der Waals surface area contributed by atoms with Crippen LogP contribution in [0.4, 0.5) is 0 Å². The van der Waals surface area contributed by atoms with Gasteiger partial charge >= 0.3 is 5.97 Å². The smallest absolute Gasteiger partial charge is 0.362 e. The van der Waals surface area contributed by atoms with Crippen molar-refractivity contribution in [2.75, 3.05) is 6.61 Å². The van der Waals surface area contributed by atoms with Crippen LogP contribution in [0.5, 0.6) is 0 Å². The molecule has 1 aromatic heterocycles. The number of hydrogen-bond acceptors (Lipinski definition) is 4. The highest BCUT2D eigenvalue weighted by molar-refractivity contribution is 6.34. The van der Waals surface area contributed by atoms with Gasteiger partial charge in [-0.15, -0.1) is 0 Å². The third-order valence-electron chi connectivity index (χ3n) is 2.39. The Hall–Kier alpha value is -1.85. The van der Waals surface area contributed by atoms with E-state index < -0.39 is 11.4 Å². The Morgan fingerprint density at radius 1 is 1.30 bits per heavy atom. The maximum absolute atomic E-state index is 11.6. The zero-order valence-electron chi connectivity index (χ0n) is 10.5. The maximum atomic E-state index is 11.6. The van der Waals surface area contributed by atoms with Crippen LogP contribution in [0.3, 0.4) is 0 Å². The van der Waals surface area contributed by atoms with E-state index in [9.17, 15) is 9.59 Å². The first-order chi connectivity index (χ1) is 9.51. The van der Waals surface area contributed by atoms with Crippen molar-refractivity contribution in [1.29, 1.82) is 0 Å². The first-order valence-electron chi connectivity index (χ1n) is 5.75. The third-order valence-corrected chi connectivity index (χ3v) is 2.83. The van der Waals surface area contributed by atoms with Gasteiger partial charge in [-0.05, 0) is 25.1 Å². The molecule has 0 fully saturated rings. The number of carbonyl (C=O) groups is 1. The minimum Gasteiger partial charge on any atom is -0.461 e. The molecule has 0 radical (unpaired) electrons. The minimum atomic E-state index is -0.764. The molecular weight excluding hydrogens is 303 g/mol. The summed E-state index contributed by atoms with van der Waals surface area (Å²) in [5.74, 6) is -0.764. The van der Waals surface area contributed by atoms with Gasteiger partial charge < -0.3 is 4.74 Å². The number of aromatic nitrogens is 2. The molecule has 2 rings (SSSR count). The Labute approximate surface area is 124 Å². The summed E-state index contributed by atoms with van der Waals surface area (Å²) in [7, 11) is 0. The number of esters is 1. The van der Waals surface area contributed by atoms with E-state index in [1.54, 1.807) is 25.1 Å². The Morgan fingerprint density at radius 2 is 1.95 bits per heavy atom. The van der Waals surface area contributed by atoms with Crippen molar-refractivity contribution in [3.8, 4) is 5.69 Å². The Balaban J connectivity index is 2.51. The second kappa shape index (κ2) is 6.07. The molecule has 0 amide bonds. The van der Waals surface area contributed by atoms with Crippen LogP contribution in [-0.2, 0) is 4.74 Å². The predicted octanol–water partition coefficient (Wildman–Crippen LogP) is 2.72. The Bertz CT molecular complexity index is 693. The van der Waals surface area contributed by atoms with Crippen molar-refractivity contribution < 1.29 is 9.53 Å². The van der Waals surface area contributed by atoms with Gasteiger partial charge in [-0.25, -0.2) is 9.48 Å². The molecule has 0 saturated carbocycles. The number of hydrogen-bond donors (Lipinski definition) is 0. The van der Waals surface area contributed by atoms with Crippen LogP contribution in [0.25, 0.3) is 5.69 Å². The molecule has 1 heterocycles. The Kier molecular flexibility index (Phi) is 4.42. The second-order valence-electron chi connectivity index (χ2n) is 3.82. The summed E-state index contributed by atoms with van der Waals surface area (Å²) in [5, 5.41) is 4.80. The quantitative estimate of drug-likeness (QED) is 0.818. The summed E-state index contributed by atoms with van der Waals surface area (Å²) in [6.07, 6.45) is 1.42. The molecule has 0 N–H and O–H groups in total. The summed E-state index contributed by atoms with van der Waals surface area (Å²) in [6.45, 7) is 1.81. The van der Waals surface area contributed by atoms with Crippen LogP contribution in [0.15, 0.2) is 35.3 Å². The minimum absolute atomic E-state index is 0.165. The van der Waals surface area contributed by atoms with Gasteiger partial charge in [0.25, 0.3) is 0 Å². The third kappa shape index (κ3) is 3.18. The van der Waals surface area contributed by atoms with Gasteiger partial charge in [0.05, 0.1) is 12.3 Å². The van der Waals surface area contributed by atoms with E-state index in [0.29, 0.717) is 15.7 Å². The lowest BCUT2D eigenvalue weighted by molar-refractivity contribution is 0.0515. The van der Waals surface area contributed by atoms with Gasteiger partial charge in [-0.1, -0.05) is 23.2 Å². The van der Waals surface area contributed by atoms with E-state index in [-0.39, 0.29) is 12.3 Å². The van der Waals surface area contributed by atoms with E-state index in [1.165, 1.54) is 16.9 Å². The molecule has 0 bridgehead atoms. The average molecular weight is 313 g/mol. The van der Waals surface area contributed by atoms with Crippen molar-refractivity contribution in [2.24, 2.45) is 0 Å². The average Bonchev–Trinajstić information content (AvgIpc) is 2.38. The van der Waals surface area contributed by atoms with Gasteiger partial charge in [-0.2, -0.15) is 5.10 Å². The fraction of sp³-hybridized carbons (Fsp3) is 0.154. The number of benzene rings is 1. The number of nitrogens with zero attached hydrogens (tertiary/aromatic N) is 2. The molecule has 7 heteroatoms. The van der Waals surface area contributed by atoms with Crippen molar-refractivity contribution in [3.05, 3.63) is 56.4 Å². The van der Waals surface area contributed by atoms with E-state index in [0.717, 1.165) is 0 Å². The Morgan fingerprint density at radius 3 is 2.55 bits per heavy atom. The second-order valence-corrected chi connectivity index (χ2v) is 4.69. The maximum Gasteiger partial charge on any atom is 0.362 e. The van der Waals surface area contributed by atoms with Crippen LogP contribution < -0.4 is 5.43 Å². The van der Waals surface area contributed by atoms with E-state index >= 15 is 0 Å². The van der Waals surface area contributed by atoms with Crippen LogP contribution in [0, 0.1) is 0 Å². The lowest BCUT2D eigenvalue weighted by atomic mass is 10.3. The zero-order valence-corrected chi connectivity index (χ0v) is 12.0. The van der Waals surface area contributed by atoms with E-state index in [1.807, 2.05) is 0 Å². The molecule has 0 aliphatic carbocycles. The van der Waals surface area contributed by atoms with Gasteiger partial charge in [0.15, 0.2) is 0 Å². The number of rotatable bonds is 3. The van der Waals surface area contributed by atoms with Crippen LogP contribution in [0.2, 0.25) is 10.0 Å². The molecule has 0 aliphatic heterocycles. The topological polar surface area (TPSA) is 61.2 Å². The first kappa shape index (κ1) is 14.6. The van der Waals surface area contributed by atoms with Crippen LogP contribution in [-0.4, -0.2) is 22.4 Å². The highest BCUT2D eigenvalue weighted by Crippen LogP contribution is 2.20. The summed E-state index contributed by atoms with van der Waals surface area (Å²) >= 11 is 11.8. The predicted molar refractivity (Wildman–Crippen MR) is 75.8 cm³/mol. The van der Waals surface area contributed by atoms with Crippen LogP contribution in [0.1, 0.15) is 17.4 Å². The molecular formula is C13H10Cl2N2O3. The first-order valence-corrected chi connectivity index (χ1v) is 6.50. The fourth-order valence-corrected chi connectivity index (χ4v) is 2.08.